The van der Waals surface area contributed by atoms with E-state index in [1.807, 2.05) is 0 Å². The molecule has 17 heavy (non-hydrogen) atoms. The number of rotatable bonds is 4. The summed E-state index contributed by atoms with van der Waals surface area (Å²) < 4.78 is 18.2. The second-order valence-corrected chi connectivity index (χ2v) is 3.24. The Labute approximate surface area is 96.6 Å². The highest BCUT2D eigenvalue weighted by Crippen LogP contribution is 2.15. The summed E-state index contributed by atoms with van der Waals surface area (Å²) in [4.78, 5) is 11.4. The van der Waals surface area contributed by atoms with Crippen molar-refractivity contribution in [3.63, 3.8) is 0 Å². The third-order valence-corrected chi connectivity index (χ3v) is 1.97. The van der Waals surface area contributed by atoms with E-state index >= 15 is 0 Å². The molecule has 88 valence electrons. The predicted octanol–water partition coefficient (Wildman–Crippen LogP) is 1.57. The van der Waals surface area contributed by atoms with Crippen molar-refractivity contribution in [2.45, 2.75) is 0 Å². The fourth-order valence-electron chi connectivity index (χ4n) is 1.22. The van der Waals surface area contributed by atoms with Crippen LogP contribution < -0.4 is 10.1 Å². The molecule has 1 aromatic carbocycles. The zero-order chi connectivity index (χ0) is 12.1. The van der Waals surface area contributed by atoms with E-state index < -0.39 is 11.7 Å². The molecule has 0 fully saturated rings. The van der Waals surface area contributed by atoms with Gasteiger partial charge in [-0.15, -0.1) is 0 Å². The van der Waals surface area contributed by atoms with E-state index in [4.69, 9.17) is 4.74 Å². The molecule has 1 heterocycles. The maximum atomic E-state index is 13.1. The molecule has 0 saturated heterocycles. The Balaban J connectivity index is 1.86. The lowest BCUT2D eigenvalue weighted by Crippen LogP contribution is -2.20. The number of para-hydroxylation sites is 1. The number of ether oxygens (including phenoxy) is 1. The molecule has 2 N–H and O–H groups in total. The summed E-state index contributed by atoms with van der Waals surface area (Å²) in [6, 6.07) is 7.50. The van der Waals surface area contributed by atoms with Gasteiger partial charge in [0.15, 0.2) is 18.2 Å². The van der Waals surface area contributed by atoms with E-state index in [1.165, 1.54) is 18.3 Å². The zero-order valence-corrected chi connectivity index (χ0v) is 8.81. The molecule has 0 spiro atoms. The highest BCUT2D eigenvalue weighted by molar-refractivity contribution is 5.90. The summed E-state index contributed by atoms with van der Waals surface area (Å²) in [7, 11) is 0. The van der Waals surface area contributed by atoms with Crippen LogP contribution in [-0.2, 0) is 4.79 Å². The van der Waals surface area contributed by atoms with Crippen LogP contribution in [0.4, 0.5) is 10.2 Å². The monoisotopic (exact) mass is 235 g/mol. The maximum Gasteiger partial charge on any atom is 0.263 e. The molecule has 5 nitrogen and oxygen atoms in total. The molecule has 0 unspecified atom stereocenters. The summed E-state index contributed by atoms with van der Waals surface area (Å²) in [6.45, 7) is -0.264. The van der Waals surface area contributed by atoms with E-state index in [9.17, 15) is 9.18 Å². The Morgan fingerprint density at radius 1 is 1.41 bits per heavy atom. The van der Waals surface area contributed by atoms with Gasteiger partial charge < -0.3 is 10.1 Å². The number of carbonyl (C=O) groups excluding carboxylic acids is 1. The van der Waals surface area contributed by atoms with Gasteiger partial charge in [-0.2, -0.15) is 5.10 Å². The predicted molar refractivity (Wildman–Crippen MR) is 59.1 cm³/mol. The van der Waals surface area contributed by atoms with Gasteiger partial charge in [0.2, 0.25) is 0 Å². The van der Waals surface area contributed by atoms with Crippen LogP contribution in [0.1, 0.15) is 0 Å². The van der Waals surface area contributed by atoms with Crippen LogP contribution in [0.2, 0.25) is 0 Å². The van der Waals surface area contributed by atoms with E-state index in [0.717, 1.165) is 0 Å². The number of aromatic amines is 1. The minimum atomic E-state index is -0.498. The number of aromatic nitrogens is 2. The van der Waals surface area contributed by atoms with Crippen LogP contribution in [-0.4, -0.2) is 22.7 Å². The van der Waals surface area contributed by atoms with Crippen molar-refractivity contribution in [3.05, 3.63) is 42.3 Å². The molecule has 0 bridgehead atoms. The summed E-state index contributed by atoms with van der Waals surface area (Å²) >= 11 is 0. The molecule has 6 heteroatoms. The van der Waals surface area contributed by atoms with Gasteiger partial charge >= 0.3 is 0 Å². The highest BCUT2D eigenvalue weighted by atomic mass is 19.1. The van der Waals surface area contributed by atoms with Gasteiger partial charge in [-0.25, -0.2) is 4.39 Å². The number of hydrogen-bond acceptors (Lipinski definition) is 3. The van der Waals surface area contributed by atoms with Crippen LogP contribution >= 0.6 is 0 Å². The molecular formula is C11H10FN3O2. The minimum Gasteiger partial charge on any atom is -0.481 e. The van der Waals surface area contributed by atoms with Gasteiger partial charge in [0.25, 0.3) is 5.91 Å². The van der Waals surface area contributed by atoms with Crippen LogP contribution in [0.5, 0.6) is 5.75 Å². The molecule has 2 aromatic rings. The standard InChI is InChI=1S/C11H10FN3O2/c12-8-3-1-2-4-9(8)17-7-11(16)14-10-5-6-13-15-10/h1-6H,7H2,(H2,13,14,15,16). The smallest absolute Gasteiger partial charge is 0.263 e. The van der Waals surface area contributed by atoms with Crippen LogP contribution in [0.25, 0.3) is 0 Å². The number of halogens is 1. The number of nitrogens with zero attached hydrogens (tertiary/aromatic N) is 1. The van der Waals surface area contributed by atoms with Crippen molar-refractivity contribution < 1.29 is 13.9 Å². The quantitative estimate of drug-likeness (QED) is 0.845. The largest absolute Gasteiger partial charge is 0.481 e. The van der Waals surface area contributed by atoms with Gasteiger partial charge in [-0.1, -0.05) is 12.1 Å². The molecule has 2 rings (SSSR count). The fourth-order valence-corrected chi connectivity index (χ4v) is 1.22. The maximum absolute atomic E-state index is 13.1. The molecule has 0 aliphatic rings. The molecule has 0 radical (unpaired) electrons. The summed E-state index contributed by atoms with van der Waals surface area (Å²) in [5.74, 6) is -0.376. The second kappa shape index (κ2) is 5.11. The Bertz CT molecular complexity index is 499. The van der Waals surface area contributed by atoms with Crippen molar-refractivity contribution in [2.75, 3.05) is 11.9 Å². The normalized spacial score (nSPS) is 9.94. The lowest BCUT2D eigenvalue weighted by molar-refractivity contribution is -0.118. The highest BCUT2D eigenvalue weighted by Gasteiger charge is 2.06. The lowest BCUT2D eigenvalue weighted by Gasteiger charge is -2.06. The minimum absolute atomic E-state index is 0.0484. The number of amides is 1. The number of anilines is 1. The summed E-state index contributed by atoms with van der Waals surface area (Å²) in [6.07, 6.45) is 1.51. The molecular weight excluding hydrogens is 225 g/mol. The number of carbonyl (C=O) groups is 1. The van der Waals surface area contributed by atoms with E-state index in [2.05, 4.69) is 15.5 Å². The van der Waals surface area contributed by atoms with Crippen molar-refractivity contribution >= 4 is 11.7 Å². The Hall–Kier alpha value is -2.37. The van der Waals surface area contributed by atoms with Crippen LogP contribution in [0.15, 0.2) is 36.5 Å². The Morgan fingerprint density at radius 2 is 2.24 bits per heavy atom. The number of hydrogen-bond donors (Lipinski definition) is 2. The van der Waals surface area contributed by atoms with Crippen LogP contribution in [0, 0.1) is 5.82 Å². The molecule has 1 aromatic heterocycles. The first-order valence-corrected chi connectivity index (χ1v) is 4.92. The summed E-state index contributed by atoms with van der Waals surface area (Å²) in [5.41, 5.74) is 0. The Kier molecular flexibility index (Phi) is 3.34. The van der Waals surface area contributed by atoms with Gasteiger partial charge in [0, 0.05) is 6.07 Å². The molecule has 0 aliphatic carbocycles. The van der Waals surface area contributed by atoms with Gasteiger partial charge in [-0.3, -0.25) is 9.89 Å². The van der Waals surface area contributed by atoms with E-state index in [-0.39, 0.29) is 12.4 Å². The molecule has 1 amide bonds. The fraction of sp³-hybridized carbons (Fsp3) is 0.0909. The molecule has 0 atom stereocenters. The third-order valence-electron chi connectivity index (χ3n) is 1.97. The van der Waals surface area contributed by atoms with Crippen LogP contribution in [0.3, 0.4) is 0 Å². The van der Waals surface area contributed by atoms with Gasteiger partial charge in [0.05, 0.1) is 6.20 Å². The first-order valence-electron chi connectivity index (χ1n) is 4.92. The number of benzene rings is 1. The topological polar surface area (TPSA) is 67.0 Å². The summed E-state index contributed by atoms with van der Waals surface area (Å²) in [5, 5.41) is 8.74. The SMILES string of the molecule is O=C(COc1ccccc1F)Nc1ccn[nH]1. The molecule has 0 aliphatic heterocycles. The van der Waals surface area contributed by atoms with Crippen molar-refractivity contribution in [3.8, 4) is 5.75 Å². The first-order chi connectivity index (χ1) is 8.25. The van der Waals surface area contributed by atoms with Crippen molar-refractivity contribution in [2.24, 2.45) is 0 Å². The second-order valence-electron chi connectivity index (χ2n) is 3.24. The number of nitrogens with one attached hydrogen (secondary N) is 2. The van der Waals surface area contributed by atoms with E-state index in [0.29, 0.717) is 5.82 Å². The van der Waals surface area contributed by atoms with Crippen molar-refractivity contribution in [1.82, 2.24) is 10.2 Å². The van der Waals surface area contributed by atoms with Gasteiger partial charge in [-0.05, 0) is 12.1 Å². The first kappa shape index (κ1) is 11.1. The van der Waals surface area contributed by atoms with Crippen molar-refractivity contribution in [1.29, 1.82) is 0 Å². The molecule has 0 saturated carbocycles. The third kappa shape index (κ3) is 3.04. The Morgan fingerprint density at radius 3 is 2.94 bits per heavy atom. The average Bonchev–Trinajstić information content (AvgIpc) is 2.81. The van der Waals surface area contributed by atoms with E-state index in [1.54, 1.807) is 18.2 Å². The zero-order valence-electron chi connectivity index (χ0n) is 8.81. The van der Waals surface area contributed by atoms with Gasteiger partial charge in [0.1, 0.15) is 5.82 Å². The average molecular weight is 235 g/mol. The lowest BCUT2D eigenvalue weighted by atomic mass is 10.3. The number of H-pyrrole nitrogens is 1.